The first kappa shape index (κ1) is 13.2. The SMILES string of the molecule is C#CCNC(=O)c1ccc(S(N)(=O)=O)cc1F. The Hall–Kier alpha value is -1.91. The van der Waals surface area contributed by atoms with E-state index < -0.39 is 26.6 Å². The number of amides is 1. The molecule has 0 atom stereocenters. The number of sulfonamides is 1. The molecule has 0 aliphatic carbocycles. The minimum absolute atomic E-state index is 0.0464. The van der Waals surface area contributed by atoms with E-state index in [2.05, 4.69) is 11.2 Å². The highest BCUT2D eigenvalue weighted by Gasteiger charge is 2.15. The third-order valence-electron chi connectivity index (χ3n) is 1.86. The van der Waals surface area contributed by atoms with E-state index in [-0.39, 0.29) is 12.1 Å². The monoisotopic (exact) mass is 256 g/mol. The second-order valence-electron chi connectivity index (χ2n) is 3.07. The summed E-state index contributed by atoms with van der Waals surface area (Å²) in [6, 6.07) is 2.75. The number of nitrogens with two attached hydrogens (primary N) is 1. The summed E-state index contributed by atoms with van der Waals surface area (Å²) in [5.74, 6) is 0.452. The zero-order valence-corrected chi connectivity index (χ0v) is 9.42. The molecule has 0 aliphatic rings. The first-order valence-electron chi connectivity index (χ1n) is 4.40. The molecule has 0 saturated heterocycles. The number of rotatable bonds is 3. The molecule has 0 radical (unpaired) electrons. The van der Waals surface area contributed by atoms with E-state index in [0.717, 1.165) is 12.1 Å². The molecule has 3 N–H and O–H groups in total. The maximum atomic E-state index is 13.4. The van der Waals surface area contributed by atoms with E-state index in [1.807, 2.05) is 0 Å². The Morgan fingerprint density at radius 3 is 2.65 bits per heavy atom. The third-order valence-corrected chi connectivity index (χ3v) is 2.78. The molecule has 0 aliphatic heterocycles. The zero-order valence-electron chi connectivity index (χ0n) is 8.60. The molecular weight excluding hydrogens is 247 g/mol. The molecule has 0 spiro atoms. The Morgan fingerprint density at radius 2 is 2.18 bits per heavy atom. The van der Waals surface area contributed by atoms with Crippen LogP contribution >= 0.6 is 0 Å². The molecule has 1 aromatic carbocycles. The number of benzene rings is 1. The highest BCUT2D eigenvalue weighted by Crippen LogP contribution is 2.13. The lowest BCUT2D eigenvalue weighted by Gasteiger charge is -2.04. The summed E-state index contributed by atoms with van der Waals surface area (Å²) in [6.07, 6.45) is 4.92. The lowest BCUT2D eigenvalue weighted by atomic mass is 10.2. The molecule has 0 saturated carbocycles. The summed E-state index contributed by atoms with van der Waals surface area (Å²) in [5.41, 5.74) is -0.298. The van der Waals surface area contributed by atoms with E-state index in [1.54, 1.807) is 0 Å². The summed E-state index contributed by atoms with van der Waals surface area (Å²) >= 11 is 0. The van der Waals surface area contributed by atoms with Crippen LogP contribution in [0.25, 0.3) is 0 Å². The second-order valence-corrected chi connectivity index (χ2v) is 4.63. The Bertz CT molecular complexity index is 590. The fourth-order valence-corrected chi connectivity index (χ4v) is 1.61. The van der Waals surface area contributed by atoms with Crippen molar-refractivity contribution in [2.45, 2.75) is 4.90 Å². The molecule has 1 rings (SSSR count). The summed E-state index contributed by atoms with van der Waals surface area (Å²) in [4.78, 5) is 11.0. The lowest BCUT2D eigenvalue weighted by molar-refractivity contribution is 0.0954. The van der Waals surface area contributed by atoms with E-state index in [9.17, 15) is 17.6 Å². The molecule has 0 fully saturated rings. The first-order valence-corrected chi connectivity index (χ1v) is 5.95. The number of carbonyl (C=O) groups excluding carboxylic acids is 1. The molecular formula is C10H9FN2O3S. The Kier molecular flexibility index (Phi) is 3.83. The van der Waals surface area contributed by atoms with Crippen LogP contribution in [-0.2, 0) is 10.0 Å². The smallest absolute Gasteiger partial charge is 0.255 e. The van der Waals surface area contributed by atoms with Gasteiger partial charge in [0.2, 0.25) is 10.0 Å². The summed E-state index contributed by atoms with van der Waals surface area (Å²) < 4.78 is 35.3. The minimum Gasteiger partial charge on any atom is -0.341 e. The maximum absolute atomic E-state index is 13.4. The number of carbonyl (C=O) groups is 1. The molecule has 0 bridgehead atoms. The van der Waals surface area contributed by atoms with Crippen LogP contribution in [0.5, 0.6) is 0 Å². The van der Waals surface area contributed by atoms with Gasteiger partial charge in [0.05, 0.1) is 17.0 Å². The number of primary sulfonamides is 1. The average Bonchev–Trinajstić information content (AvgIpc) is 2.24. The Balaban J connectivity index is 3.07. The summed E-state index contributed by atoms with van der Waals surface area (Å²) in [5, 5.41) is 7.06. The van der Waals surface area contributed by atoms with Gasteiger partial charge in [0.15, 0.2) is 0 Å². The molecule has 0 aromatic heterocycles. The van der Waals surface area contributed by atoms with Crippen LogP contribution in [0.15, 0.2) is 23.1 Å². The van der Waals surface area contributed by atoms with E-state index in [1.165, 1.54) is 0 Å². The van der Waals surface area contributed by atoms with Crippen molar-refractivity contribution in [3.8, 4) is 12.3 Å². The van der Waals surface area contributed by atoms with Gasteiger partial charge < -0.3 is 5.32 Å². The molecule has 0 unspecified atom stereocenters. The lowest BCUT2D eigenvalue weighted by Crippen LogP contribution is -2.24. The van der Waals surface area contributed by atoms with E-state index >= 15 is 0 Å². The molecule has 90 valence electrons. The topological polar surface area (TPSA) is 89.3 Å². The van der Waals surface area contributed by atoms with Crippen LogP contribution in [0, 0.1) is 18.2 Å². The number of hydrogen-bond donors (Lipinski definition) is 2. The van der Waals surface area contributed by atoms with Gasteiger partial charge in [0.25, 0.3) is 5.91 Å². The highest BCUT2D eigenvalue weighted by molar-refractivity contribution is 7.89. The average molecular weight is 256 g/mol. The first-order chi connectivity index (χ1) is 7.86. The predicted molar refractivity (Wildman–Crippen MR) is 58.9 cm³/mol. The highest BCUT2D eigenvalue weighted by atomic mass is 32.2. The summed E-state index contributed by atoms with van der Waals surface area (Å²) in [6.45, 7) is -0.0464. The van der Waals surface area contributed by atoms with Crippen LogP contribution in [-0.4, -0.2) is 20.9 Å². The fourth-order valence-electron chi connectivity index (χ4n) is 1.08. The molecule has 1 aromatic rings. The second kappa shape index (κ2) is 4.95. The largest absolute Gasteiger partial charge is 0.341 e. The van der Waals surface area contributed by atoms with E-state index in [0.29, 0.717) is 6.07 Å². The van der Waals surface area contributed by atoms with Crippen molar-refractivity contribution < 1.29 is 17.6 Å². The van der Waals surface area contributed by atoms with Crippen LogP contribution in [0.2, 0.25) is 0 Å². The minimum atomic E-state index is -3.99. The van der Waals surface area contributed by atoms with Gasteiger partial charge in [-0.2, -0.15) is 0 Å². The van der Waals surface area contributed by atoms with Gasteiger partial charge >= 0.3 is 0 Å². The Labute approximate surface area is 97.9 Å². The van der Waals surface area contributed by atoms with Gasteiger partial charge in [0.1, 0.15) is 5.82 Å². The van der Waals surface area contributed by atoms with Crippen molar-refractivity contribution in [3.63, 3.8) is 0 Å². The predicted octanol–water partition coefficient (Wildman–Crippen LogP) is -0.164. The number of hydrogen-bond acceptors (Lipinski definition) is 3. The standard InChI is InChI=1S/C10H9FN2O3S/c1-2-5-13-10(14)8-4-3-7(6-9(8)11)17(12,15)16/h1,3-4,6H,5H2,(H,13,14)(H2,12,15,16). The molecule has 1 amide bonds. The van der Waals surface area contributed by atoms with Crippen molar-refractivity contribution in [2.24, 2.45) is 5.14 Å². The van der Waals surface area contributed by atoms with Crippen LogP contribution in [0.1, 0.15) is 10.4 Å². The molecule has 17 heavy (non-hydrogen) atoms. The number of nitrogens with one attached hydrogen (secondary N) is 1. The van der Waals surface area contributed by atoms with E-state index in [4.69, 9.17) is 11.6 Å². The fraction of sp³-hybridized carbons (Fsp3) is 0.100. The van der Waals surface area contributed by atoms with Crippen LogP contribution in [0.4, 0.5) is 4.39 Å². The number of halogens is 1. The van der Waals surface area contributed by atoms with Crippen molar-refractivity contribution in [3.05, 3.63) is 29.6 Å². The molecule has 7 heteroatoms. The Morgan fingerprint density at radius 1 is 1.53 bits per heavy atom. The van der Waals surface area contributed by atoms with Crippen molar-refractivity contribution >= 4 is 15.9 Å². The van der Waals surface area contributed by atoms with Crippen molar-refractivity contribution in [1.29, 1.82) is 0 Å². The quantitative estimate of drug-likeness (QED) is 0.736. The van der Waals surface area contributed by atoms with Gasteiger partial charge in [-0.3, -0.25) is 4.79 Å². The summed E-state index contributed by atoms with van der Waals surface area (Å²) in [7, 11) is -3.99. The number of terminal acetylenes is 1. The van der Waals surface area contributed by atoms with Gasteiger partial charge in [-0.05, 0) is 18.2 Å². The van der Waals surface area contributed by atoms with Crippen molar-refractivity contribution in [1.82, 2.24) is 5.32 Å². The van der Waals surface area contributed by atoms with Crippen LogP contribution < -0.4 is 10.5 Å². The maximum Gasteiger partial charge on any atom is 0.255 e. The van der Waals surface area contributed by atoms with Crippen LogP contribution in [0.3, 0.4) is 0 Å². The molecule has 0 heterocycles. The van der Waals surface area contributed by atoms with Gasteiger partial charge in [-0.15, -0.1) is 6.42 Å². The van der Waals surface area contributed by atoms with Gasteiger partial charge in [0, 0.05) is 0 Å². The van der Waals surface area contributed by atoms with Gasteiger partial charge in [-0.25, -0.2) is 17.9 Å². The normalized spacial score (nSPS) is 10.6. The zero-order chi connectivity index (χ0) is 13.1. The molecule has 5 nitrogen and oxygen atoms in total. The van der Waals surface area contributed by atoms with Crippen molar-refractivity contribution in [2.75, 3.05) is 6.54 Å². The van der Waals surface area contributed by atoms with Gasteiger partial charge in [-0.1, -0.05) is 5.92 Å². The third kappa shape index (κ3) is 3.27.